The highest BCUT2D eigenvalue weighted by molar-refractivity contribution is 14.0. The number of anilines is 1. The Morgan fingerprint density at radius 1 is 1.46 bits per heavy atom. The van der Waals surface area contributed by atoms with Gasteiger partial charge in [0.2, 0.25) is 0 Å². The van der Waals surface area contributed by atoms with Crippen molar-refractivity contribution in [2.24, 2.45) is 4.99 Å². The lowest BCUT2D eigenvalue weighted by Crippen LogP contribution is -2.44. The molecule has 0 aliphatic carbocycles. The number of aliphatic imine (C=N–C) groups is 1. The molecule has 0 aromatic carbocycles. The molecule has 0 bridgehead atoms. The highest BCUT2D eigenvalue weighted by Gasteiger charge is 2.26. The highest BCUT2D eigenvalue weighted by Crippen LogP contribution is 2.20. The summed E-state index contributed by atoms with van der Waals surface area (Å²) in [6, 6.07) is 3.32. The van der Waals surface area contributed by atoms with Crippen LogP contribution in [-0.4, -0.2) is 55.9 Å². The SMILES string of the molecule is CCNC(=NCCC1CCCO1)NC1CCN(c2ncccc2F)C1.I. The molecule has 2 saturated heterocycles. The van der Waals surface area contributed by atoms with Crippen molar-refractivity contribution < 1.29 is 9.13 Å². The number of halogens is 2. The van der Waals surface area contributed by atoms with Gasteiger partial charge in [-0.15, -0.1) is 24.0 Å². The molecule has 2 N–H and O–H groups in total. The summed E-state index contributed by atoms with van der Waals surface area (Å²) in [6.07, 6.45) is 6.20. The van der Waals surface area contributed by atoms with Crippen molar-refractivity contribution in [3.8, 4) is 0 Å². The van der Waals surface area contributed by atoms with E-state index in [1.54, 1.807) is 12.3 Å². The lowest BCUT2D eigenvalue weighted by atomic mass is 10.2. The van der Waals surface area contributed by atoms with Gasteiger partial charge in [0.25, 0.3) is 0 Å². The Balaban J connectivity index is 0.00000243. The number of ether oxygens (including phenoxy) is 1. The zero-order chi connectivity index (χ0) is 17.5. The summed E-state index contributed by atoms with van der Waals surface area (Å²) in [7, 11) is 0. The largest absolute Gasteiger partial charge is 0.378 e. The fraction of sp³-hybridized carbons (Fsp3) is 0.667. The van der Waals surface area contributed by atoms with Crippen molar-refractivity contribution in [3.63, 3.8) is 0 Å². The van der Waals surface area contributed by atoms with Crippen molar-refractivity contribution in [1.82, 2.24) is 15.6 Å². The summed E-state index contributed by atoms with van der Waals surface area (Å²) in [5.41, 5.74) is 0. The number of pyridine rings is 1. The maximum absolute atomic E-state index is 13.9. The van der Waals surface area contributed by atoms with Gasteiger partial charge in [0.1, 0.15) is 0 Å². The van der Waals surface area contributed by atoms with E-state index in [4.69, 9.17) is 4.74 Å². The van der Waals surface area contributed by atoms with Crippen LogP contribution >= 0.6 is 24.0 Å². The van der Waals surface area contributed by atoms with Crippen molar-refractivity contribution in [2.45, 2.75) is 44.8 Å². The minimum atomic E-state index is -0.264. The third kappa shape index (κ3) is 5.94. The zero-order valence-corrected chi connectivity index (χ0v) is 17.6. The molecular weight excluding hydrogens is 448 g/mol. The average Bonchev–Trinajstić information content (AvgIpc) is 3.27. The van der Waals surface area contributed by atoms with Gasteiger partial charge in [-0.05, 0) is 44.7 Å². The maximum Gasteiger partial charge on any atom is 0.191 e. The van der Waals surface area contributed by atoms with Gasteiger partial charge >= 0.3 is 0 Å². The Labute approximate surface area is 172 Å². The lowest BCUT2D eigenvalue weighted by Gasteiger charge is -2.20. The predicted octanol–water partition coefficient (Wildman–Crippen LogP) is 2.54. The van der Waals surface area contributed by atoms with E-state index in [0.717, 1.165) is 64.4 Å². The first-order valence-corrected chi connectivity index (χ1v) is 9.28. The molecular formula is C18H29FIN5O. The highest BCUT2D eigenvalue weighted by atomic mass is 127. The van der Waals surface area contributed by atoms with Crippen LogP contribution in [0.3, 0.4) is 0 Å². The van der Waals surface area contributed by atoms with Gasteiger partial charge in [0.05, 0.1) is 6.10 Å². The van der Waals surface area contributed by atoms with E-state index >= 15 is 0 Å². The van der Waals surface area contributed by atoms with E-state index in [2.05, 4.69) is 27.5 Å². The molecule has 0 saturated carbocycles. The molecule has 2 aliphatic heterocycles. The van der Waals surface area contributed by atoms with E-state index in [9.17, 15) is 4.39 Å². The second-order valence-electron chi connectivity index (χ2n) is 6.57. The van der Waals surface area contributed by atoms with E-state index in [1.165, 1.54) is 6.07 Å². The number of guanidine groups is 1. The second kappa shape index (κ2) is 10.9. The monoisotopic (exact) mass is 477 g/mol. The minimum absolute atomic E-state index is 0. The summed E-state index contributed by atoms with van der Waals surface area (Å²) < 4.78 is 19.5. The van der Waals surface area contributed by atoms with Crippen LogP contribution < -0.4 is 15.5 Å². The Hall–Kier alpha value is -1.16. The van der Waals surface area contributed by atoms with Gasteiger partial charge in [0.15, 0.2) is 17.6 Å². The molecule has 0 spiro atoms. The van der Waals surface area contributed by atoms with Crippen LogP contribution in [0.15, 0.2) is 23.3 Å². The normalized spacial score (nSPS) is 23.0. The molecule has 146 valence electrons. The molecule has 3 heterocycles. The summed E-state index contributed by atoms with van der Waals surface area (Å²) in [5, 5.41) is 6.76. The van der Waals surface area contributed by atoms with Crippen molar-refractivity contribution in [3.05, 3.63) is 24.1 Å². The molecule has 1 aromatic heterocycles. The Morgan fingerprint density at radius 3 is 3.08 bits per heavy atom. The van der Waals surface area contributed by atoms with E-state index in [-0.39, 0.29) is 35.8 Å². The molecule has 2 fully saturated rings. The second-order valence-corrected chi connectivity index (χ2v) is 6.57. The van der Waals surface area contributed by atoms with Crippen LogP contribution in [0.5, 0.6) is 0 Å². The molecule has 8 heteroatoms. The van der Waals surface area contributed by atoms with E-state index < -0.39 is 0 Å². The topological polar surface area (TPSA) is 61.8 Å². The van der Waals surface area contributed by atoms with Crippen LogP contribution in [0.4, 0.5) is 10.2 Å². The summed E-state index contributed by atoms with van der Waals surface area (Å²) >= 11 is 0. The summed E-state index contributed by atoms with van der Waals surface area (Å²) in [4.78, 5) is 10.8. The Morgan fingerprint density at radius 2 is 2.35 bits per heavy atom. The first kappa shape index (κ1) is 21.1. The molecule has 1 aromatic rings. The number of hydrogen-bond donors (Lipinski definition) is 2. The van der Waals surface area contributed by atoms with Gasteiger partial charge < -0.3 is 20.3 Å². The van der Waals surface area contributed by atoms with Gasteiger partial charge in [-0.2, -0.15) is 0 Å². The zero-order valence-electron chi connectivity index (χ0n) is 15.3. The molecule has 2 aliphatic rings. The molecule has 3 rings (SSSR count). The number of rotatable bonds is 6. The van der Waals surface area contributed by atoms with Gasteiger partial charge in [-0.3, -0.25) is 4.99 Å². The number of hydrogen-bond acceptors (Lipinski definition) is 4. The quantitative estimate of drug-likeness (QED) is 0.375. The van der Waals surface area contributed by atoms with Gasteiger partial charge in [-0.25, -0.2) is 9.37 Å². The fourth-order valence-corrected chi connectivity index (χ4v) is 3.39. The fourth-order valence-electron chi connectivity index (χ4n) is 3.39. The first-order chi connectivity index (χ1) is 12.3. The van der Waals surface area contributed by atoms with Crippen molar-refractivity contribution in [1.29, 1.82) is 0 Å². The third-order valence-corrected chi connectivity index (χ3v) is 4.66. The van der Waals surface area contributed by atoms with Crippen molar-refractivity contribution in [2.75, 3.05) is 37.7 Å². The van der Waals surface area contributed by atoms with Crippen molar-refractivity contribution >= 4 is 35.8 Å². The summed E-state index contributed by atoms with van der Waals surface area (Å²) in [5.74, 6) is 1.00. The molecule has 0 radical (unpaired) electrons. The van der Waals surface area contributed by atoms with Gasteiger partial charge in [0, 0.05) is 45.0 Å². The minimum Gasteiger partial charge on any atom is -0.378 e. The number of nitrogens with one attached hydrogen (secondary N) is 2. The van der Waals surface area contributed by atoms with Crippen LogP contribution in [0.25, 0.3) is 0 Å². The maximum atomic E-state index is 13.9. The first-order valence-electron chi connectivity index (χ1n) is 9.28. The number of aromatic nitrogens is 1. The van der Waals surface area contributed by atoms with E-state index in [0.29, 0.717) is 11.9 Å². The molecule has 2 unspecified atom stereocenters. The van der Waals surface area contributed by atoms with Crippen LogP contribution in [-0.2, 0) is 4.74 Å². The smallest absolute Gasteiger partial charge is 0.191 e. The molecule has 6 nitrogen and oxygen atoms in total. The molecule has 2 atom stereocenters. The molecule has 26 heavy (non-hydrogen) atoms. The predicted molar refractivity (Wildman–Crippen MR) is 113 cm³/mol. The van der Waals surface area contributed by atoms with Crippen LogP contribution in [0.2, 0.25) is 0 Å². The standard InChI is InChI=1S/C18H28FN5O.HI/c1-2-20-18(22-10-7-15-5-4-12-25-15)23-14-8-11-24(13-14)17-16(19)6-3-9-21-17;/h3,6,9,14-15H,2,4-5,7-8,10-13H2,1H3,(H2,20,22,23);1H. The third-order valence-electron chi connectivity index (χ3n) is 4.66. The van der Waals surface area contributed by atoms with Gasteiger partial charge in [-0.1, -0.05) is 0 Å². The van der Waals surface area contributed by atoms with Crippen LogP contribution in [0, 0.1) is 5.82 Å². The summed E-state index contributed by atoms with van der Waals surface area (Å²) in [6.45, 7) is 6.03. The lowest BCUT2D eigenvalue weighted by molar-refractivity contribution is 0.106. The Bertz CT molecular complexity index is 582. The Kier molecular flexibility index (Phi) is 8.83. The number of nitrogens with zero attached hydrogens (tertiary/aromatic N) is 3. The van der Waals surface area contributed by atoms with Crippen LogP contribution in [0.1, 0.15) is 32.6 Å². The molecule has 0 amide bonds. The van der Waals surface area contributed by atoms with E-state index in [1.807, 2.05) is 4.90 Å². The average molecular weight is 477 g/mol.